The summed E-state index contributed by atoms with van der Waals surface area (Å²) in [6.45, 7) is 2.16. The summed E-state index contributed by atoms with van der Waals surface area (Å²) in [5, 5.41) is 6.82. The van der Waals surface area contributed by atoms with Gasteiger partial charge in [0.05, 0.1) is 10.6 Å². The number of sulfonamides is 1. The Morgan fingerprint density at radius 2 is 1.66 bits per heavy atom. The van der Waals surface area contributed by atoms with Crippen molar-refractivity contribution in [2.45, 2.75) is 4.90 Å². The number of para-hydroxylation sites is 1. The molecule has 2 heterocycles. The third kappa shape index (κ3) is 4.62. The fraction of sp³-hybridized carbons (Fsp3) is 0.227. The van der Waals surface area contributed by atoms with Gasteiger partial charge in [-0.25, -0.2) is 8.42 Å². The van der Waals surface area contributed by atoms with Gasteiger partial charge in [-0.05, 0) is 43.4 Å². The van der Waals surface area contributed by atoms with Crippen LogP contribution in [0.1, 0.15) is 10.5 Å². The Labute approximate surface area is 186 Å². The molecule has 166 valence electrons. The Kier molecular flexibility index (Phi) is 6.17. The summed E-state index contributed by atoms with van der Waals surface area (Å²) in [4.78, 5) is 27.1. The highest BCUT2D eigenvalue weighted by Crippen LogP contribution is 2.21. The molecule has 0 bridgehead atoms. The molecule has 0 aliphatic carbocycles. The Morgan fingerprint density at radius 1 is 0.938 bits per heavy atom. The van der Waals surface area contributed by atoms with Crippen molar-refractivity contribution in [2.75, 3.05) is 38.5 Å². The summed E-state index contributed by atoms with van der Waals surface area (Å²) in [5.74, 6) is -0.552. The molecule has 1 aliphatic heterocycles. The molecule has 0 spiro atoms. The first-order valence-corrected chi connectivity index (χ1v) is 11.5. The Bertz CT molecular complexity index is 1280. The largest absolute Gasteiger partial charge is 0.321 e. The predicted molar refractivity (Wildman–Crippen MR) is 120 cm³/mol. The molecule has 1 N–H and O–H groups in total. The number of rotatable bonds is 5. The standard InChI is InChI=1S/C22H23N5O4S/c1-25-12-14-26(15-13-25)32(30,31)19-9-5-6-17(16-19)23-22(29)20-10-11-21(28)27(24-20)18-7-3-2-4-8-18/h2-11,16H,12-15H2,1H3,(H,23,29). The number of aromatic nitrogens is 2. The van der Waals surface area contributed by atoms with Crippen LogP contribution in [0.5, 0.6) is 0 Å². The number of nitrogens with one attached hydrogen (secondary N) is 1. The van der Waals surface area contributed by atoms with Crippen LogP contribution in [0.15, 0.2) is 76.4 Å². The molecule has 10 heteroatoms. The molecule has 1 aromatic heterocycles. The van der Waals surface area contributed by atoms with Crippen LogP contribution in [-0.4, -0.2) is 66.5 Å². The van der Waals surface area contributed by atoms with E-state index in [9.17, 15) is 18.0 Å². The van der Waals surface area contributed by atoms with Gasteiger partial charge in [-0.2, -0.15) is 14.1 Å². The third-order valence-corrected chi connectivity index (χ3v) is 7.12. The van der Waals surface area contributed by atoms with E-state index < -0.39 is 15.9 Å². The molecule has 0 radical (unpaired) electrons. The number of likely N-dealkylation sites (N-methyl/N-ethyl adjacent to an activating group) is 1. The predicted octanol–water partition coefficient (Wildman–Crippen LogP) is 1.42. The SMILES string of the molecule is CN1CCN(S(=O)(=O)c2cccc(NC(=O)c3ccc(=O)n(-c4ccccc4)n3)c2)CC1. The van der Waals surface area contributed by atoms with Gasteiger partial charge in [0.25, 0.3) is 11.5 Å². The van der Waals surface area contributed by atoms with Gasteiger partial charge in [0.1, 0.15) is 5.69 Å². The summed E-state index contributed by atoms with van der Waals surface area (Å²) in [5.41, 5.74) is 0.519. The zero-order chi connectivity index (χ0) is 22.7. The van der Waals surface area contributed by atoms with Crippen LogP contribution in [0.3, 0.4) is 0 Å². The number of hydrogen-bond donors (Lipinski definition) is 1. The summed E-state index contributed by atoms with van der Waals surface area (Å²) in [7, 11) is -1.71. The van der Waals surface area contributed by atoms with E-state index in [-0.39, 0.29) is 16.1 Å². The zero-order valence-corrected chi connectivity index (χ0v) is 18.3. The lowest BCUT2D eigenvalue weighted by Gasteiger charge is -2.31. The number of hydrogen-bond acceptors (Lipinski definition) is 6. The van der Waals surface area contributed by atoms with E-state index >= 15 is 0 Å². The van der Waals surface area contributed by atoms with Crippen molar-refractivity contribution in [3.8, 4) is 5.69 Å². The van der Waals surface area contributed by atoms with Gasteiger partial charge in [-0.3, -0.25) is 9.59 Å². The molecule has 0 saturated carbocycles. The van der Waals surface area contributed by atoms with E-state index in [0.29, 0.717) is 37.6 Å². The van der Waals surface area contributed by atoms with Gasteiger partial charge in [-0.1, -0.05) is 24.3 Å². The monoisotopic (exact) mass is 453 g/mol. The van der Waals surface area contributed by atoms with Gasteiger partial charge in [0.2, 0.25) is 10.0 Å². The highest BCUT2D eigenvalue weighted by atomic mass is 32.2. The first-order valence-electron chi connectivity index (χ1n) is 10.1. The number of amides is 1. The fourth-order valence-corrected chi connectivity index (χ4v) is 4.86. The fourth-order valence-electron chi connectivity index (χ4n) is 3.39. The molecule has 1 saturated heterocycles. The molecular formula is C22H23N5O4S. The molecule has 1 amide bonds. The zero-order valence-electron chi connectivity index (χ0n) is 17.5. The summed E-state index contributed by atoms with van der Waals surface area (Å²) in [6, 6.07) is 17.5. The minimum atomic E-state index is -3.66. The lowest BCUT2D eigenvalue weighted by Crippen LogP contribution is -2.47. The van der Waals surface area contributed by atoms with Crippen LogP contribution in [-0.2, 0) is 10.0 Å². The quantitative estimate of drug-likeness (QED) is 0.627. The smallest absolute Gasteiger partial charge is 0.276 e. The van der Waals surface area contributed by atoms with E-state index in [1.807, 2.05) is 13.1 Å². The summed E-state index contributed by atoms with van der Waals surface area (Å²) >= 11 is 0. The van der Waals surface area contributed by atoms with E-state index in [4.69, 9.17) is 0 Å². The summed E-state index contributed by atoms with van der Waals surface area (Å²) in [6.07, 6.45) is 0. The van der Waals surface area contributed by atoms with Crippen molar-refractivity contribution in [1.82, 2.24) is 19.0 Å². The van der Waals surface area contributed by atoms with E-state index in [1.165, 1.54) is 28.6 Å². The topological polar surface area (TPSA) is 105 Å². The van der Waals surface area contributed by atoms with Crippen molar-refractivity contribution in [2.24, 2.45) is 0 Å². The Hall–Kier alpha value is -3.34. The Balaban J connectivity index is 1.55. The molecule has 9 nitrogen and oxygen atoms in total. The van der Waals surface area contributed by atoms with Gasteiger partial charge in [0.15, 0.2) is 0 Å². The number of benzene rings is 2. The van der Waals surface area contributed by atoms with Gasteiger partial charge >= 0.3 is 0 Å². The van der Waals surface area contributed by atoms with E-state index in [1.54, 1.807) is 36.4 Å². The maximum absolute atomic E-state index is 13.0. The average Bonchev–Trinajstić information content (AvgIpc) is 2.80. The number of anilines is 1. The normalized spacial score (nSPS) is 15.4. The van der Waals surface area contributed by atoms with Crippen LogP contribution < -0.4 is 10.9 Å². The molecule has 1 fully saturated rings. The maximum Gasteiger partial charge on any atom is 0.276 e. The second-order valence-electron chi connectivity index (χ2n) is 7.49. The molecule has 0 atom stereocenters. The number of nitrogens with zero attached hydrogens (tertiary/aromatic N) is 4. The van der Waals surface area contributed by atoms with Crippen LogP contribution in [0.4, 0.5) is 5.69 Å². The molecule has 1 aliphatic rings. The van der Waals surface area contributed by atoms with Gasteiger partial charge < -0.3 is 10.2 Å². The lowest BCUT2D eigenvalue weighted by atomic mass is 10.3. The minimum Gasteiger partial charge on any atom is -0.321 e. The van der Waals surface area contributed by atoms with Crippen LogP contribution in [0.25, 0.3) is 5.69 Å². The van der Waals surface area contributed by atoms with E-state index in [2.05, 4.69) is 15.3 Å². The lowest BCUT2D eigenvalue weighted by molar-refractivity contribution is 0.102. The molecular weight excluding hydrogens is 430 g/mol. The second kappa shape index (κ2) is 9.03. The minimum absolute atomic E-state index is 0.0285. The van der Waals surface area contributed by atoms with E-state index in [0.717, 1.165) is 4.68 Å². The molecule has 32 heavy (non-hydrogen) atoms. The average molecular weight is 454 g/mol. The van der Waals surface area contributed by atoms with Crippen molar-refractivity contribution in [3.63, 3.8) is 0 Å². The van der Waals surface area contributed by atoms with Gasteiger partial charge in [-0.15, -0.1) is 0 Å². The van der Waals surface area contributed by atoms with Gasteiger partial charge in [0, 0.05) is 37.9 Å². The maximum atomic E-state index is 13.0. The molecule has 3 aromatic rings. The Morgan fingerprint density at radius 3 is 2.38 bits per heavy atom. The van der Waals surface area contributed by atoms with Crippen molar-refractivity contribution >= 4 is 21.6 Å². The summed E-state index contributed by atoms with van der Waals surface area (Å²) < 4.78 is 28.6. The second-order valence-corrected chi connectivity index (χ2v) is 9.43. The highest BCUT2D eigenvalue weighted by molar-refractivity contribution is 7.89. The van der Waals surface area contributed by atoms with Crippen LogP contribution in [0.2, 0.25) is 0 Å². The third-order valence-electron chi connectivity index (χ3n) is 5.23. The first-order chi connectivity index (χ1) is 15.3. The first kappa shape index (κ1) is 21.9. The van der Waals surface area contributed by atoms with Crippen molar-refractivity contribution < 1.29 is 13.2 Å². The van der Waals surface area contributed by atoms with Crippen molar-refractivity contribution in [1.29, 1.82) is 0 Å². The number of piperazine rings is 1. The molecule has 0 unspecified atom stereocenters. The highest BCUT2D eigenvalue weighted by Gasteiger charge is 2.27. The van der Waals surface area contributed by atoms with Crippen LogP contribution in [0, 0.1) is 0 Å². The molecule has 2 aromatic carbocycles. The number of carbonyl (C=O) groups excluding carboxylic acids is 1. The molecule has 4 rings (SSSR count). The van der Waals surface area contributed by atoms with Crippen molar-refractivity contribution in [3.05, 3.63) is 82.8 Å². The van der Waals surface area contributed by atoms with Crippen LogP contribution >= 0.6 is 0 Å². The number of carbonyl (C=O) groups is 1.